The monoisotopic (exact) mass is 238 g/mol. The topological polar surface area (TPSA) is 18.5 Å². The van der Waals surface area contributed by atoms with Gasteiger partial charge in [0.1, 0.15) is 0 Å². The van der Waals surface area contributed by atoms with E-state index in [2.05, 4.69) is 13.8 Å². The average molecular weight is 238 g/mol. The summed E-state index contributed by atoms with van der Waals surface area (Å²) in [4.78, 5) is 0. The molecule has 0 rings (SSSR count). The molecule has 2 atom stereocenters. The van der Waals surface area contributed by atoms with Crippen molar-refractivity contribution in [3.8, 4) is 0 Å². The molecule has 14 heavy (non-hydrogen) atoms. The highest BCUT2D eigenvalue weighted by molar-refractivity contribution is 7.34. The van der Waals surface area contributed by atoms with Gasteiger partial charge in [-0.1, -0.05) is 39.5 Å². The summed E-state index contributed by atoms with van der Waals surface area (Å²) in [6, 6.07) is 0. The minimum atomic E-state index is 0.539. The van der Waals surface area contributed by atoms with Gasteiger partial charge in [-0.2, -0.15) is 0 Å². The Balaban J connectivity index is 2.78. The molecule has 0 aromatic heterocycles. The van der Waals surface area contributed by atoms with Crippen LogP contribution in [0.3, 0.4) is 0 Å². The Morgan fingerprint density at radius 3 is 1.50 bits per heavy atom. The minimum Gasteiger partial charge on any atom is -0.216 e. The Labute approximate surface area is 92.2 Å². The third-order valence-corrected chi connectivity index (χ3v) is 3.61. The summed E-state index contributed by atoms with van der Waals surface area (Å²) < 4.78 is 10.2. The largest absolute Gasteiger partial charge is 0.216 e. The molecule has 0 saturated carbocycles. The second-order valence-electron chi connectivity index (χ2n) is 3.37. The van der Waals surface area contributed by atoms with E-state index >= 15 is 0 Å². The predicted molar refractivity (Wildman–Crippen MR) is 67.6 cm³/mol. The van der Waals surface area contributed by atoms with Crippen molar-refractivity contribution >= 4 is 17.6 Å². The van der Waals surface area contributed by atoms with Crippen molar-refractivity contribution in [1.29, 1.82) is 0 Å². The Kier molecular flexibility index (Phi) is 14.5. The van der Waals surface area contributed by atoms with E-state index in [-0.39, 0.29) is 0 Å². The normalized spacial score (nSPS) is 12.4. The third-order valence-electron chi connectivity index (χ3n) is 1.92. The van der Waals surface area contributed by atoms with Crippen LogP contribution >= 0.6 is 17.6 Å². The molecule has 0 saturated heterocycles. The van der Waals surface area contributed by atoms with Crippen molar-refractivity contribution in [2.45, 2.75) is 52.4 Å². The number of unbranched alkanes of at least 4 members (excludes halogenated alkanes) is 4. The lowest BCUT2D eigenvalue weighted by Crippen LogP contribution is -1.81. The number of hydrogen-bond donors (Lipinski definition) is 0. The first kappa shape index (κ1) is 14.8. The van der Waals surface area contributed by atoms with Gasteiger partial charge in [-0.25, -0.2) is 9.35 Å². The minimum absolute atomic E-state index is 0.539. The second kappa shape index (κ2) is 13.8. The van der Waals surface area contributed by atoms with Gasteiger partial charge >= 0.3 is 0 Å². The van der Waals surface area contributed by atoms with E-state index in [4.69, 9.17) is 9.35 Å². The lowest BCUT2D eigenvalue weighted by atomic mass is 10.3. The highest BCUT2D eigenvalue weighted by Gasteiger charge is 1.91. The van der Waals surface area contributed by atoms with E-state index < -0.39 is 0 Å². The molecule has 0 heterocycles. The van der Waals surface area contributed by atoms with E-state index in [0.29, 0.717) is 17.6 Å². The van der Waals surface area contributed by atoms with E-state index in [9.17, 15) is 0 Å². The molecule has 0 bridgehead atoms. The first-order valence-electron chi connectivity index (χ1n) is 5.70. The van der Waals surface area contributed by atoms with Gasteiger partial charge in [0.15, 0.2) is 0 Å². The van der Waals surface area contributed by atoms with Crippen molar-refractivity contribution in [2.24, 2.45) is 0 Å². The van der Waals surface area contributed by atoms with Crippen LogP contribution in [-0.2, 0) is 9.35 Å². The molecule has 2 unspecified atom stereocenters. The quantitative estimate of drug-likeness (QED) is 0.228. The maximum atomic E-state index is 5.10. The highest BCUT2D eigenvalue weighted by Crippen LogP contribution is 2.23. The lowest BCUT2D eigenvalue weighted by Gasteiger charge is -2.02. The smallest absolute Gasteiger partial charge is 0.0569 e. The summed E-state index contributed by atoms with van der Waals surface area (Å²) in [7, 11) is 1.08. The summed E-state index contributed by atoms with van der Waals surface area (Å²) in [5.41, 5.74) is 0. The van der Waals surface area contributed by atoms with Crippen LogP contribution in [0, 0.1) is 0 Å². The number of rotatable bonds is 11. The van der Waals surface area contributed by atoms with Gasteiger partial charge in [0.05, 0.1) is 17.6 Å². The molecular formula is C10H24O2P2. The van der Waals surface area contributed by atoms with Crippen molar-refractivity contribution in [3.05, 3.63) is 0 Å². The Hall–Kier alpha value is 0.780. The Morgan fingerprint density at radius 1 is 0.714 bits per heavy atom. The molecule has 0 N–H and O–H groups in total. The molecule has 86 valence electrons. The van der Waals surface area contributed by atoms with Gasteiger partial charge in [0.25, 0.3) is 0 Å². The van der Waals surface area contributed by atoms with Gasteiger partial charge in [-0.15, -0.1) is 0 Å². The van der Waals surface area contributed by atoms with Crippen LogP contribution in [-0.4, -0.2) is 12.3 Å². The fraction of sp³-hybridized carbons (Fsp3) is 1.00. The summed E-state index contributed by atoms with van der Waals surface area (Å²) in [5.74, 6) is 0. The molecule has 0 amide bonds. The van der Waals surface area contributed by atoms with Gasteiger partial charge in [0, 0.05) is 0 Å². The summed E-state index contributed by atoms with van der Waals surface area (Å²) in [5, 5.41) is 0. The summed E-state index contributed by atoms with van der Waals surface area (Å²) in [6.07, 6.45) is 10.1. The first-order valence-corrected chi connectivity index (χ1v) is 7.93. The van der Waals surface area contributed by atoms with E-state index in [1.54, 1.807) is 0 Å². The molecule has 2 nitrogen and oxygen atoms in total. The Morgan fingerprint density at radius 2 is 1.14 bits per heavy atom. The van der Waals surface area contributed by atoms with Crippen LogP contribution in [0.5, 0.6) is 0 Å². The number of hydrogen-bond acceptors (Lipinski definition) is 2. The molecule has 0 aromatic rings. The zero-order chi connectivity index (χ0) is 10.5. The zero-order valence-electron chi connectivity index (χ0n) is 9.47. The van der Waals surface area contributed by atoms with Crippen molar-refractivity contribution in [1.82, 2.24) is 0 Å². The molecule has 4 heteroatoms. The fourth-order valence-corrected chi connectivity index (χ4v) is 2.46. The maximum absolute atomic E-state index is 5.10. The SMILES string of the molecule is CCCCCPOOPCCCCC. The Bertz CT molecular complexity index is 90.1. The lowest BCUT2D eigenvalue weighted by molar-refractivity contribution is -0.0671. The van der Waals surface area contributed by atoms with Crippen LogP contribution in [0.1, 0.15) is 52.4 Å². The predicted octanol–water partition coefficient (Wildman–Crippen LogP) is 4.50. The van der Waals surface area contributed by atoms with Crippen molar-refractivity contribution < 1.29 is 9.35 Å². The van der Waals surface area contributed by atoms with Crippen LogP contribution in [0.15, 0.2) is 0 Å². The molecular weight excluding hydrogens is 214 g/mol. The molecule has 0 spiro atoms. The van der Waals surface area contributed by atoms with Gasteiger partial charge in [0.2, 0.25) is 0 Å². The van der Waals surface area contributed by atoms with E-state index in [0.717, 1.165) is 12.3 Å². The molecule has 0 fully saturated rings. The second-order valence-corrected chi connectivity index (χ2v) is 5.28. The van der Waals surface area contributed by atoms with E-state index in [1.165, 1.54) is 38.5 Å². The molecule has 0 aliphatic rings. The van der Waals surface area contributed by atoms with E-state index in [1.807, 2.05) is 0 Å². The van der Waals surface area contributed by atoms with Crippen LogP contribution < -0.4 is 0 Å². The first-order chi connectivity index (χ1) is 6.91. The fourth-order valence-electron chi connectivity index (χ4n) is 1.04. The van der Waals surface area contributed by atoms with Gasteiger partial charge in [-0.3, -0.25) is 0 Å². The van der Waals surface area contributed by atoms with Crippen LogP contribution in [0.25, 0.3) is 0 Å². The highest BCUT2D eigenvalue weighted by atomic mass is 31.1. The van der Waals surface area contributed by atoms with Gasteiger partial charge < -0.3 is 0 Å². The molecule has 0 radical (unpaired) electrons. The van der Waals surface area contributed by atoms with Crippen LogP contribution in [0.4, 0.5) is 0 Å². The maximum Gasteiger partial charge on any atom is 0.0569 e. The molecule has 0 aliphatic carbocycles. The van der Waals surface area contributed by atoms with Gasteiger partial charge in [-0.05, 0) is 25.2 Å². The summed E-state index contributed by atoms with van der Waals surface area (Å²) >= 11 is 0. The zero-order valence-corrected chi connectivity index (χ0v) is 11.5. The average Bonchev–Trinajstić information content (AvgIpc) is 2.21. The van der Waals surface area contributed by atoms with Crippen LogP contribution in [0.2, 0.25) is 0 Å². The van der Waals surface area contributed by atoms with Crippen molar-refractivity contribution in [3.63, 3.8) is 0 Å². The standard InChI is InChI=1S/C10H24O2P2/c1-3-5-7-9-13-11-12-14-10-8-6-4-2/h13-14H,3-10H2,1-2H3. The summed E-state index contributed by atoms with van der Waals surface area (Å²) in [6.45, 7) is 4.44. The molecule has 0 aromatic carbocycles. The molecule has 0 aliphatic heterocycles. The third kappa shape index (κ3) is 12.8. The van der Waals surface area contributed by atoms with Crippen molar-refractivity contribution in [2.75, 3.05) is 12.3 Å².